The summed E-state index contributed by atoms with van der Waals surface area (Å²) in [4.78, 5) is 22.8. The molecule has 1 fully saturated rings. The fourth-order valence-corrected chi connectivity index (χ4v) is 1.76. The van der Waals surface area contributed by atoms with E-state index in [1.54, 1.807) is 6.92 Å². The molecule has 0 aromatic carbocycles. The zero-order valence-electron chi connectivity index (χ0n) is 8.94. The summed E-state index contributed by atoms with van der Waals surface area (Å²) >= 11 is 5.83. The maximum Gasteiger partial charge on any atom is 0.310 e. The minimum Gasteiger partial charge on any atom is -0.469 e. The quantitative estimate of drug-likeness (QED) is 0.724. The van der Waals surface area contributed by atoms with Crippen LogP contribution in [0.25, 0.3) is 0 Å². The number of aromatic nitrogens is 2. The minimum atomic E-state index is -0.310. The van der Waals surface area contributed by atoms with Crippen LogP contribution in [0.5, 0.6) is 0 Å². The van der Waals surface area contributed by atoms with E-state index in [1.165, 1.54) is 17.9 Å². The molecule has 0 radical (unpaired) electrons. The van der Waals surface area contributed by atoms with Crippen LogP contribution in [0.4, 0.5) is 0 Å². The highest BCUT2D eigenvalue weighted by Gasteiger charge is 2.47. The van der Waals surface area contributed by atoms with Gasteiger partial charge in [-0.05, 0) is 18.9 Å². The maximum absolute atomic E-state index is 11.6. The van der Waals surface area contributed by atoms with Gasteiger partial charge in [0.2, 0.25) is 0 Å². The van der Waals surface area contributed by atoms with Crippen molar-refractivity contribution in [1.82, 2.24) is 9.78 Å². The molecule has 0 N–H and O–H groups in total. The van der Waals surface area contributed by atoms with Gasteiger partial charge in [-0.15, -0.1) is 0 Å². The van der Waals surface area contributed by atoms with E-state index in [0.717, 1.165) is 0 Å². The van der Waals surface area contributed by atoms with E-state index < -0.39 is 0 Å². The van der Waals surface area contributed by atoms with Crippen LogP contribution in [-0.4, -0.2) is 22.9 Å². The average Bonchev–Trinajstić information content (AvgIpc) is 3.02. The van der Waals surface area contributed by atoms with E-state index in [1.807, 2.05) is 0 Å². The molecule has 1 aliphatic rings. The van der Waals surface area contributed by atoms with Gasteiger partial charge >= 0.3 is 5.97 Å². The monoisotopic (exact) mass is 242 g/mol. The SMILES string of the molecule is COC(=O)[C@H]1C[C@@H]1n1nc(Cl)c(C)cc1=O. The van der Waals surface area contributed by atoms with Crippen molar-refractivity contribution in [2.24, 2.45) is 5.92 Å². The fraction of sp³-hybridized carbons (Fsp3) is 0.500. The molecule has 1 heterocycles. The number of carbonyl (C=O) groups excluding carboxylic acids is 1. The lowest BCUT2D eigenvalue weighted by Crippen LogP contribution is -2.23. The Kier molecular flexibility index (Phi) is 2.71. The number of hydrogen-bond acceptors (Lipinski definition) is 4. The Morgan fingerprint density at radius 2 is 2.38 bits per heavy atom. The summed E-state index contributed by atoms with van der Waals surface area (Å²) in [5.41, 5.74) is 0.400. The van der Waals surface area contributed by atoms with E-state index in [2.05, 4.69) is 9.84 Å². The van der Waals surface area contributed by atoms with Crippen LogP contribution in [0.15, 0.2) is 10.9 Å². The van der Waals surface area contributed by atoms with E-state index in [9.17, 15) is 9.59 Å². The van der Waals surface area contributed by atoms with Crippen LogP contribution in [0.2, 0.25) is 5.15 Å². The average molecular weight is 243 g/mol. The number of hydrogen-bond donors (Lipinski definition) is 0. The first-order chi connectivity index (χ1) is 7.54. The fourth-order valence-electron chi connectivity index (χ4n) is 1.63. The van der Waals surface area contributed by atoms with Gasteiger partial charge in [-0.3, -0.25) is 9.59 Å². The van der Waals surface area contributed by atoms with Gasteiger partial charge in [0.05, 0.1) is 19.1 Å². The van der Waals surface area contributed by atoms with Crippen LogP contribution in [0.3, 0.4) is 0 Å². The van der Waals surface area contributed by atoms with Crippen LogP contribution < -0.4 is 5.56 Å². The zero-order chi connectivity index (χ0) is 11.9. The molecule has 1 saturated carbocycles. The van der Waals surface area contributed by atoms with Gasteiger partial charge in [0.15, 0.2) is 5.15 Å². The normalized spacial score (nSPS) is 22.9. The van der Waals surface area contributed by atoms with Crippen LogP contribution in [-0.2, 0) is 9.53 Å². The van der Waals surface area contributed by atoms with Crippen molar-refractivity contribution in [2.75, 3.05) is 7.11 Å². The van der Waals surface area contributed by atoms with E-state index in [4.69, 9.17) is 11.6 Å². The van der Waals surface area contributed by atoms with Gasteiger partial charge in [-0.25, -0.2) is 4.68 Å². The zero-order valence-corrected chi connectivity index (χ0v) is 9.69. The lowest BCUT2D eigenvalue weighted by Gasteiger charge is -2.04. The summed E-state index contributed by atoms with van der Waals surface area (Å²) in [5.74, 6) is -0.579. The Morgan fingerprint density at radius 3 is 3.00 bits per heavy atom. The molecular formula is C10H11ClN2O3. The van der Waals surface area contributed by atoms with Gasteiger partial charge in [-0.2, -0.15) is 5.10 Å². The Hall–Kier alpha value is -1.36. The van der Waals surface area contributed by atoms with Crippen LogP contribution in [0, 0.1) is 12.8 Å². The maximum atomic E-state index is 11.6. The Bertz CT molecular complexity index is 497. The molecule has 2 atom stereocenters. The standard InChI is InChI=1S/C10H11ClN2O3/c1-5-3-8(14)13(12-9(5)11)7-4-6(7)10(15)16-2/h3,6-7H,4H2,1-2H3/t6-,7-/m0/s1. The van der Waals surface area contributed by atoms with Crippen molar-refractivity contribution < 1.29 is 9.53 Å². The molecule has 2 rings (SSSR count). The number of carbonyl (C=O) groups is 1. The number of ether oxygens (including phenoxy) is 1. The number of nitrogens with zero attached hydrogens (tertiary/aromatic N) is 2. The molecule has 1 aliphatic carbocycles. The van der Waals surface area contributed by atoms with Crippen molar-refractivity contribution in [2.45, 2.75) is 19.4 Å². The van der Waals surface area contributed by atoms with Gasteiger partial charge in [0, 0.05) is 6.07 Å². The third-order valence-electron chi connectivity index (χ3n) is 2.66. The largest absolute Gasteiger partial charge is 0.469 e. The molecule has 0 unspecified atom stereocenters. The topological polar surface area (TPSA) is 61.2 Å². The van der Waals surface area contributed by atoms with Gasteiger partial charge in [0.1, 0.15) is 0 Å². The molecule has 0 aliphatic heterocycles. The first-order valence-electron chi connectivity index (χ1n) is 4.88. The molecule has 5 nitrogen and oxygen atoms in total. The summed E-state index contributed by atoms with van der Waals surface area (Å²) in [7, 11) is 1.33. The molecule has 86 valence electrons. The lowest BCUT2D eigenvalue weighted by molar-refractivity contribution is -0.142. The molecule has 6 heteroatoms. The Balaban J connectivity index is 2.28. The highest BCUT2D eigenvalue weighted by atomic mass is 35.5. The first kappa shape index (κ1) is 11.1. The second-order valence-electron chi connectivity index (χ2n) is 3.83. The molecule has 1 aromatic rings. The van der Waals surface area contributed by atoms with Gasteiger partial charge in [0.25, 0.3) is 5.56 Å². The van der Waals surface area contributed by atoms with Crippen LogP contribution >= 0.6 is 11.6 Å². The first-order valence-corrected chi connectivity index (χ1v) is 5.26. The van der Waals surface area contributed by atoms with Crippen molar-refractivity contribution in [3.8, 4) is 0 Å². The minimum absolute atomic E-state index is 0.210. The summed E-state index contributed by atoms with van der Waals surface area (Å²) < 4.78 is 5.87. The molecular weight excluding hydrogens is 232 g/mol. The number of methoxy groups -OCH3 is 1. The van der Waals surface area contributed by atoms with E-state index in [0.29, 0.717) is 12.0 Å². The highest BCUT2D eigenvalue weighted by molar-refractivity contribution is 6.30. The van der Waals surface area contributed by atoms with E-state index in [-0.39, 0.29) is 28.6 Å². The highest BCUT2D eigenvalue weighted by Crippen LogP contribution is 2.42. The van der Waals surface area contributed by atoms with E-state index >= 15 is 0 Å². The third-order valence-corrected chi connectivity index (χ3v) is 3.04. The number of aryl methyl sites for hydroxylation is 1. The summed E-state index contributed by atoms with van der Waals surface area (Å²) in [6.45, 7) is 1.71. The second-order valence-corrected chi connectivity index (χ2v) is 4.19. The Morgan fingerprint density at radius 1 is 1.69 bits per heavy atom. The molecule has 0 amide bonds. The number of halogens is 1. The molecule has 0 spiro atoms. The van der Waals surface area contributed by atoms with Crippen molar-refractivity contribution in [3.05, 3.63) is 27.1 Å². The second kappa shape index (κ2) is 3.90. The summed E-state index contributed by atoms with van der Waals surface area (Å²) in [6.07, 6.45) is 0.582. The van der Waals surface area contributed by atoms with Gasteiger partial charge < -0.3 is 4.74 Å². The molecule has 0 bridgehead atoms. The smallest absolute Gasteiger partial charge is 0.310 e. The third kappa shape index (κ3) is 1.82. The van der Waals surface area contributed by atoms with Gasteiger partial charge in [-0.1, -0.05) is 11.6 Å². The molecule has 1 aromatic heterocycles. The summed E-state index contributed by atoms with van der Waals surface area (Å²) in [5, 5.41) is 4.25. The number of rotatable bonds is 2. The predicted octanol–water partition coefficient (Wildman–Crippen LogP) is 0.939. The van der Waals surface area contributed by atoms with Crippen molar-refractivity contribution in [1.29, 1.82) is 0 Å². The van der Waals surface area contributed by atoms with Crippen molar-refractivity contribution >= 4 is 17.6 Å². The Labute approximate surface area is 97.0 Å². The number of esters is 1. The predicted molar refractivity (Wildman–Crippen MR) is 57.4 cm³/mol. The molecule has 0 saturated heterocycles. The van der Waals surface area contributed by atoms with Crippen molar-refractivity contribution in [3.63, 3.8) is 0 Å². The van der Waals surface area contributed by atoms with Crippen LogP contribution in [0.1, 0.15) is 18.0 Å². The molecule has 16 heavy (non-hydrogen) atoms. The summed E-state index contributed by atoms with van der Waals surface area (Å²) in [6, 6.07) is 1.21. The lowest BCUT2D eigenvalue weighted by atomic mass is 10.3.